The monoisotopic (exact) mass is 240 g/mol. The summed E-state index contributed by atoms with van der Waals surface area (Å²) >= 11 is 0. The van der Waals surface area contributed by atoms with Crippen molar-refractivity contribution in [2.24, 2.45) is 5.73 Å². The van der Waals surface area contributed by atoms with Gasteiger partial charge in [-0.2, -0.15) is 0 Å². The second-order valence-electron chi connectivity index (χ2n) is 4.47. The van der Waals surface area contributed by atoms with Crippen LogP contribution in [0.2, 0.25) is 0 Å². The highest BCUT2D eigenvalue weighted by molar-refractivity contribution is 5.66. The molecule has 1 aliphatic rings. The first-order valence-corrected chi connectivity index (χ1v) is 6.10. The van der Waals surface area contributed by atoms with E-state index in [1.807, 2.05) is 30.3 Å². The molecule has 0 aliphatic carbocycles. The van der Waals surface area contributed by atoms with Gasteiger partial charge in [0, 0.05) is 12.7 Å². The number of hydrogen-bond acceptors (Lipinski definition) is 4. The van der Waals surface area contributed by atoms with E-state index in [0.29, 0.717) is 0 Å². The molecule has 1 aliphatic heterocycles. The number of hydrogen-bond donors (Lipinski definition) is 3. The predicted molar refractivity (Wildman–Crippen MR) is 73.5 cm³/mol. The lowest BCUT2D eigenvalue weighted by molar-refractivity contribution is 0.592. The molecule has 0 saturated carbocycles. The van der Waals surface area contributed by atoms with Crippen molar-refractivity contribution in [1.29, 1.82) is 0 Å². The highest BCUT2D eigenvalue weighted by atomic mass is 15.1. The Morgan fingerprint density at radius 2 is 2.00 bits per heavy atom. The number of nitrogens with zero attached hydrogens (tertiary/aromatic N) is 1. The minimum absolute atomic E-state index is 0.0474. The number of nitrogens with one attached hydrogen (secondary N) is 2. The van der Waals surface area contributed by atoms with Crippen molar-refractivity contribution in [3.63, 3.8) is 0 Å². The first kappa shape index (κ1) is 11.0. The summed E-state index contributed by atoms with van der Waals surface area (Å²) in [4.78, 5) is 4.32. The maximum atomic E-state index is 6.30. The van der Waals surface area contributed by atoms with Crippen molar-refractivity contribution in [2.45, 2.75) is 12.1 Å². The number of benzene rings is 1. The average Bonchev–Trinajstić information content (AvgIpc) is 2.47. The normalized spacial score (nSPS) is 19.3. The zero-order valence-electron chi connectivity index (χ0n) is 10.0. The summed E-state index contributed by atoms with van der Waals surface area (Å²) in [6, 6.07) is 14.2. The van der Waals surface area contributed by atoms with Crippen molar-refractivity contribution in [3.05, 3.63) is 54.2 Å². The van der Waals surface area contributed by atoms with Crippen LogP contribution in [0.1, 0.15) is 11.6 Å². The second kappa shape index (κ2) is 4.66. The number of rotatable bonds is 2. The maximum absolute atomic E-state index is 6.30. The first-order valence-electron chi connectivity index (χ1n) is 6.10. The molecule has 0 radical (unpaired) electrons. The van der Waals surface area contributed by atoms with Crippen LogP contribution in [-0.4, -0.2) is 17.6 Å². The summed E-state index contributed by atoms with van der Waals surface area (Å²) in [7, 11) is 0. The Labute approximate surface area is 106 Å². The summed E-state index contributed by atoms with van der Waals surface area (Å²) in [5.41, 5.74) is 8.47. The molecule has 2 heterocycles. The van der Waals surface area contributed by atoms with E-state index in [0.717, 1.165) is 23.6 Å². The van der Waals surface area contributed by atoms with Gasteiger partial charge in [0.1, 0.15) is 5.82 Å². The molecule has 0 saturated heterocycles. The van der Waals surface area contributed by atoms with Gasteiger partial charge in [-0.25, -0.2) is 4.98 Å². The Kier molecular flexibility index (Phi) is 2.86. The van der Waals surface area contributed by atoms with Crippen LogP contribution in [0.4, 0.5) is 11.5 Å². The SMILES string of the molecule is N[C@H](c1ccccc1)[C@@H]1CNc2cccnc2N1. The van der Waals surface area contributed by atoms with Crippen LogP contribution < -0.4 is 16.4 Å². The van der Waals surface area contributed by atoms with Gasteiger partial charge in [-0.1, -0.05) is 30.3 Å². The lowest BCUT2D eigenvalue weighted by atomic mass is 9.99. The number of aromatic nitrogens is 1. The first-order chi connectivity index (χ1) is 8.84. The van der Waals surface area contributed by atoms with Crippen molar-refractivity contribution < 1.29 is 0 Å². The fourth-order valence-corrected chi connectivity index (χ4v) is 2.23. The summed E-state index contributed by atoms with van der Waals surface area (Å²) < 4.78 is 0. The molecule has 0 spiro atoms. The van der Waals surface area contributed by atoms with E-state index in [-0.39, 0.29) is 12.1 Å². The van der Waals surface area contributed by atoms with Gasteiger partial charge in [0.2, 0.25) is 0 Å². The highest BCUT2D eigenvalue weighted by Crippen LogP contribution is 2.26. The van der Waals surface area contributed by atoms with Crippen LogP contribution in [0.15, 0.2) is 48.7 Å². The van der Waals surface area contributed by atoms with E-state index in [9.17, 15) is 0 Å². The topological polar surface area (TPSA) is 63.0 Å². The van der Waals surface area contributed by atoms with Gasteiger partial charge in [-0.05, 0) is 17.7 Å². The minimum atomic E-state index is -0.0474. The Morgan fingerprint density at radius 1 is 1.17 bits per heavy atom. The lowest BCUT2D eigenvalue weighted by Crippen LogP contribution is -2.41. The van der Waals surface area contributed by atoms with Gasteiger partial charge in [-0.15, -0.1) is 0 Å². The number of pyridine rings is 1. The third-order valence-corrected chi connectivity index (χ3v) is 3.26. The molecule has 2 atom stereocenters. The van der Waals surface area contributed by atoms with Crippen LogP contribution in [0, 0.1) is 0 Å². The standard InChI is InChI=1S/C14H16N4/c15-13(10-5-2-1-3-6-10)12-9-17-11-7-4-8-16-14(11)18-12/h1-8,12-13,17H,9,15H2,(H,16,18)/t12-,13+/m0/s1. The molecule has 4 nitrogen and oxygen atoms in total. The molecule has 92 valence electrons. The Bertz CT molecular complexity index is 526. The lowest BCUT2D eigenvalue weighted by Gasteiger charge is -2.31. The molecule has 3 rings (SSSR count). The van der Waals surface area contributed by atoms with Crippen molar-refractivity contribution >= 4 is 11.5 Å². The summed E-state index contributed by atoms with van der Waals surface area (Å²) in [6.07, 6.45) is 1.78. The molecule has 0 fully saturated rings. The minimum Gasteiger partial charge on any atom is -0.380 e. The average molecular weight is 240 g/mol. The van der Waals surface area contributed by atoms with Crippen LogP contribution in [0.3, 0.4) is 0 Å². The predicted octanol–water partition coefficient (Wildman–Crippen LogP) is 1.99. The summed E-state index contributed by atoms with van der Waals surface area (Å²) in [6.45, 7) is 0.800. The van der Waals surface area contributed by atoms with Crippen molar-refractivity contribution in [3.8, 4) is 0 Å². The number of fused-ring (bicyclic) bond motifs is 1. The van der Waals surface area contributed by atoms with Gasteiger partial charge in [0.15, 0.2) is 0 Å². The molecule has 4 heteroatoms. The van der Waals surface area contributed by atoms with E-state index >= 15 is 0 Å². The summed E-state index contributed by atoms with van der Waals surface area (Å²) in [5, 5.41) is 6.75. The molecular formula is C14H16N4. The third-order valence-electron chi connectivity index (χ3n) is 3.26. The fourth-order valence-electron chi connectivity index (χ4n) is 2.23. The largest absolute Gasteiger partial charge is 0.380 e. The molecule has 0 unspecified atom stereocenters. The van der Waals surface area contributed by atoms with Gasteiger partial charge in [0.05, 0.1) is 17.8 Å². The molecule has 1 aromatic heterocycles. The summed E-state index contributed by atoms with van der Waals surface area (Å²) in [5.74, 6) is 0.875. The number of anilines is 2. The van der Waals surface area contributed by atoms with E-state index in [1.165, 1.54) is 0 Å². The smallest absolute Gasteiger partial charge is 0.149 e. The molecular weight excluding hydrogens is 224 g/mol. The van der Waals surface area contributed by atoms with Crippen LogP contribution in [0.25, 0.3) is 0 Å². The van der Waals surface area contributed by atoms with E-state index in [2.05, 4.69) is 27.8 Å². The highest BCUT2D eigenvalue weighted by Gasteiger charge is 2.24. The van der Waals surface area contributed by atoms with Gasteiger partial charge < -0.3 is 16.4 Å². The van der Waals surface area contributed by atoms with Crippen LogP contribution in [-0.2, 0) is 0 Å². The maximum Gasteiger partial charge on any atom is 0.149 e. The van der Waals surface area contributed by atoms with Gasteiger partial charge >= 0.3 is 0 Å². The second-order valence-corrected chi connectivity index (χ2v) is 4.47. The Balaban J connectivity index is 1.80. The zero-order valence-corrected chi connectivity index (χ0v) is 10.0. The Hall–Kier alpha value is -2.07. The molecule has 0 amide bonds. The van der Waals surface area contributed by atoms with Crippen LogP contribution in [0.5, 0.6) is 0 Å². The molecule has 4 N–H and O–H groups in total. The van der Waals surface area contributed by atoms with Gasteiger partial charge in [-0.3, -0.25) is 0 Å². The quantitative estimate of drug-likeness (QED) is 0.751. The van der Waals surface area contributed by atoms with E-state index < -0.39 is 0 Å². The van der Waals surface area contributed by atoms with Crippen molar-refractivity contribution in [1.82, 2.24) is 4.98 Å². The molecule has 18 heavy (non-hydrogen) atoms. The van der Waals surface area contributed by atoms with Crippen molar-refractivity contribution in [2.75, 3.05) is 17.2 Å². The fraction of sp³-hybridized carbons (Fsp3) is 0.214. The van der Waals surface area contributed by atoms with E-state index in [4.69, 9.17) is 5.73 Å². The molecule has 2 aromatic rings. The van der Waals surface area contributed by atoms with E-state index in [1.54, 1.807) is 6.20 Å². The third kappa shape index (κ3) is 2.02. The van der Waals surface area contributed by atoms with Crippen LogP contribution >= 0.6 is 0 Å². The number of nitrogens with two attached hydrogens (primary N) is 1. The van der Waals surface area contributed by atoms with Gasteiger partial charge in [0.25, 0.3) is 0 Å². The molecule has 1 aromatic carbocycles. The Morgan fingerprint density at radius 3 is 2.83 bits per heavy atom. The zero-order chi connectivity index (χ0) is 12.4. The molecule has 0 bridgehead atoms.